The monoisotopic (exact) mass is 408 g/mol. The lowest BCUT2D eigenvalue weighted by Gasteiger charge is -2.25. The van der Waals surface area contributed by atoms with Crippen molar-refractivity contribution in [2.75, 3.05) is 12.3 Å². The molecule has 0 saturated heterocycles. The highest BCUT2D eigenvalue weighted by molar-refractivity contribution is 7.99. The fourth-order valence-electron chi connectivity index (χ4n) is 4.23. The molecule has 1 N–H and O–H groups in total. The molecule has 1 heterocycles. The van der Waals surface area contributed by atoms with E-state index in [1.165, 1.54) is 47.4 Å². The van der Waals surface area contributed by atoms with Crippen LogP contribution in [-0.4, -0.2) is 33.0 Å². The second-order valence-corrected chi connectivity index (χ2v) is 8.56. The quantitative estimate of drug-likeness (QED) is 0.573. The molecule has 1 aliphatic carbocycles. The molecule has 3 aromatic rings. The van der Waals surface area contributed by atoms with Crippen LogP contribution in [0.3, 0.4) is 0 Å². The molecule has 1 fully saturated rings. The summed E-state index contributed by atoms with van der Waals surface area (Å²) in [6, 6.07) is 15.4. The average Bonchev–Trinajstić information content (AvgIpc) is 3.16. The predicted molar refractivity (Wildman–Crippen MR) is 118 cm³/mol. The first-order valence-corrected chi connectivity index (χ1v) is 11.5. The van der Waals surface area contributed by atoms with E-state index < -0.39 is 0 Å². The molecule has 1 amide bonds. The third-order valence-electron chi connectivity index (χ3n) is 5.61. The van der Waals surface area contributed by atoms with Crippen LogP contribution in [0.4, 0.5) is 0 Å². The number of hydrogen-bond acceptors (Lipinski definition) is 4. The molecule has 1 aliphatic rings. The molecule has 2 aromatic carbocycles. The van der Waals surface area contributed by atoms with Crippen molar-refractivity contribution in [3.8, 4) is 0 Å². The van der Waals surface area contributed by atoms with Gasteiger partial charge in [0.2, 0.25) is 5.91 Å². The Bertz CT molecular complexity index is 973. The molecule has 0 unspecified atom stereocenters. The number of amides is 1. The maximum Gasteiger partial charge on any atom is 0.230 e. The number of carbonyl (C=O) groups is 1. The number of aromatic nitrogens is 3. The predicted octanol–water partition coefficient (Wildman–Crippen LogP) is 4.76. The Morgan fingerprint density at radius 1 is 1.10 bits per heavy atom. The van der Waals surface area contributed by atoms with Crippen molar-refractivity contribution >= 4 is 28.4 Å². The van der Waals surface area contributed by atoms with Gasteiger partial charge < -0.3 is 9.88 Å². The average molecular weight is 409 g/mol. The molecule has 4 rings (SSSR count). The smallest absolute Gasteiger partial charge is 0.230 e. The first-order valence-electron chi connectivity index (χ1n) is 10.6. The van der Waals surface area contributed by atoms with Crippen LogP contribution in [0, 0.1) is 0 Å². The number of thioether (sulfide) groups is 1. The van der Waals surface area contributed by atoms with Gasteiger partial charge in [0.25, 0.3) is 0 Å². The van der Waals surface area contributed by atoms with Gasteiger partial charge in [0.05, 0.1) is 5.75 Å². The molecule has 1 aromatic heterocycles. The Kier molecular flexibility index (Phi) is 6.49. The molecule has 5 nitrogen and oxygen atoms in total. The molecule has 29 heavy (non-hydrogen) atoms. The standard InChI is InChI=1S/C23H28N4OS/c1-2-24-22(28)16-29-23-26-25-21(27(23)19-12-4-3-5-13-19)15-18-11-8-10-17-9-6-7-14-20(17)18/h6-11,14,19H,2-5,12-13,15-16H2,1H3,(H,24,28). The Hall–Kier alpha value is -2.34. The van der Waals surface area contributed by atoms with Crippen molar-refractivity contribution in [2.45, 2.75) is 56.6 Å². The highest BCUT2D eigenvalue weighted by Gasteiger charge is 2.24. The van der Waals surface area contributed by atoms with Crippen LogP contribution >= 0.6 is 11.8 Å². The van der Waals surface area contributed by atoms with Gasteiger partial charge in [-0.3, -0.25) is 4.79 Å². The fraction of sp³-hybridized carbons (Fsp3) is 0.435. The van der Waals surface area contributed by atoms with Crippen LogP contribution < -0.4 is 5.32 Å². The first-order chi connectivity index (χ1) is 14.3. The van der Waals surface area contributed by atoms with Crippen molar-refractivity contribution in [3.63, 3.8) is 0 Å². The number of hydrogen-bond donors (Lipinski definition) is 1. The van der Waals surface area contributed by atoms with E-state index in [0.717, 1.165) is 30.2 Å². The molecular formula is C23H28N4OS. The largest absolute Gasteiger partial charge is 0.356 e. The van der Waals surface area contributed by atoms with Crippen molar-refractivity contribution in [1.82, 2.24) is 20.1 Å². The Balaban J connectivity index is 1.64. The zero-order valence-corrected chi connectivity index (χ0v) is 17.8. The minimum Gasteiger partial charge on any atom is -0.356 e. The molecule has 1 saturated carbocycles. The Labute approximate surface area is 176 Å². The topological polar surface area (TPSA) is 59.8 Å². The summed E-state index contributed by atoms with van der Waals surface area (Å²) in [6.07, 6.45) is 6.88. The van der Waals surface area contributed by atoms with Gasteiger partial charge >= 0.3 is 0 Å². The van der Waals surface area contributed by atoms with Crippen LogP contribution in [0.25, 0.3) is 10.8 Å². The fourth-order valence-corrected chi connectivity index (χ4v) is 5.08. The van der Waals surface area contributed by atoms with E-state index >= 15 is 0 Å². The highest BCUT2D eigenvalue weighted by atomic mass is 32.2. The van der Waals surface area contributed by atoms with Crippen LogP contribution in [0.1, 0.15) is 56.5 Å². The minimum absolute atomic E-state index is 0.0475. The van der Waals surface area contributed by atoms with E-state index in [4.69, 9.17) is 0 Å². The maximum atomic E-state index is 12.0. The van der Waals surface area contributed by atoms with Crippen molar-refractivity contribution in [3.05, 3.63) is 53.9 Å². The molecule has 0 aliphatic heterocycles. The van der Waals surface area contributed by atoms with Gasteiger partial charge in [0.1, 0.15) is 5.82 Å². The molecule has 6 heteroatoms. The Morgan fingerprint density at radius 2 is 1.90 bits per heavy atom. The number of fused-ring (bicyclic) bond motifs is 1. The number of nitrogens with one attached hydrogen (secondary N) is 1. The third kappa shape index (κ3) is 4.64. The molecule has 0 radical (unpaired) electrons. The number of benzene rings is 2. The molecule has 0 bridgehead atoms. The molecular weight excluding hydrogens is 380 g/mol. The van der Waals surface area contributed by atoms with Crippen LogP contribution in [0.5, 0.6) is 0 Å². The zero-order chi connectivity index (χ0) is 20.1. The van der Waals surface area contributed by atoms with Gasteiger partial charge in [-0.05, 0) is 36.1 Å². The molecule has 152 valence electrons. The highest BCUT2D eigenvalue weighted by Crippen LogP contribution is 2.33. The summed E-state index contributed by atoms with van der Waals surface area (Å²) in [5.74, 6) is 1.44. The number of nitrogens with zero attached hydrogens (tertiary/aromatic N) is 3. The molecule has 0 atom stereocenters. The Morgan fingerprint density at radius 3 is 2.72 bits per heavy atom. The summed E-state index contributed by atoms with van der Waals surface area (Å²) in [7, 11) is 0. The van der Waals surface area contributed by atoms with E-state index in [-0.39, 0.29) is 5.91 Å². The van der Waals surface area contributed by atoms with Crippen LogP contribution in [-0.2, 0) is 11.2 Å². The summed E-state index contributed by atoms with van der Waals surface area (Å²) < 4.78 is 2.32. The normalized spacial score (nSPS) is 14.9. The van der Waals surface area contributed by atoms with Gasteiger partial charge in [0.15, 0.2) is 5.16 Å². The number of carbonyl (C=O) groups excluding carboxylic acids is 1. The van der Waals surface area contributed by atoms with Crippen LogP contribution in [0.2, 0.25) is 0 Å². The van der Waals surface area contributed by atoms with Crippen molar-refractivity contribution in [1.29, 1.82) is 0 Å². The summed E-state index contributed by atoms with van der Waals surface area (Å²) in [6.45, 7) is 2.59. The summed E-state index contributed by atoms with van der Waals surface area (Å²) in [5, 5.41) is 15.3. The van der Waals surface area contributed by atoms with Gasteiger partial charge in [-0.25, -0.2) is 0 Å². The first kappa shape index (κ1) is 20.0. The van der Waals surface area contributed by atoms with Gasteiger partial charge in [-0.2, -0.15) is 0 Å². The van der Waals surface area contributed by atoms with Crippen molar-refractivity contribution in [2.24, 2.45) is 0 Å². The third-order valence-corrected chi connectivity index (χ3v) is 6.55. The second-order valence-electron chi connectivity index (χ2n) is 7.62. The summed E-state index contributed by atoms with van der Waals surface area (Å²) >= 11 is 1.50. The van der Waals surface area contributed by atoms with E-state index in [1.54, 1.807) is 0 Å². The summed E-state index contributed by atoms with van der Waals surface area (Å²) in [5.41, 5.74) is 1.27. The van der Waals surface area contributed by atoms with Crippen molar-refractivity contribution < 1.29 is 4.79 Å². The van der Waals surface area contributed by atoms with Gasteiger partial charge in [-0.15, -0.1) is 10.2 Å². The van der Waals surface area contributed by atoms with Gasteiger partial charge in [-0.1, -0.05) is 73.5 Å². The lowest BCUT2D eigenvalue weighted by atomic mass is 9.95. The lowest BCUT2D eigenvalue weighted by Crippen LogP contribution is -2.25. The van der Waals surface area contributed by atoms with E-state index in [2.05, 4.69) is 62.5 Å². The SMILES string of the molecule is CCNC(=O)CSc1nnc(Cc2cccc3ccccc23)n1C1CCCCC1. The van der Waals surface area contributed by atoms with Gasteiger partial charge in [0, 0.05) is 19.0 Å². The second kappa shape index (κ2) is 9.44. The summed E-state index contributed by atoms with van der Waals surface area (Å²) in [4.78, 5) is 12.0. The minimum atomic E-state index is 0.0475. The van der Waals surface area contributed by atoms with E-state index in [0.29, 0.717) is 18.3 Å². The maximum absolute atomic E-state index is 12.0. The van der Waals surface area contributed by atoms with E-state index in [9.17, 15) is 4.79 Å². The number of rotatable bonds is 7. The van der Waals surface area contributed by atoms with E-state index in [1.807, 2.05) is 6.92 Å². The molecule has 0 spiro atoms. The lowest BCUT2D eigenvalue weighted by molar-refractivity contribution is -0.118. The van der Waals surface area contributed by atoms with Crippen LogP contribution in [0.15, 0.2) is 47.6 Å². The zero-order valence-electron chi connectivity index (χ0n) is 16.9.